The van der Waals surface area contributed by atoms with Crippen LogP contribution in [0, 0.1) is 0 Å². The van der Waals surface area contributed by atoms with E-state index in [1.54, 1.807) is 18.5 Å². The Morgan fingerprint density at radius 3 is 3.05 bits per heavy atom. The first-order valence-electron chi connectivity index (χ1n) is 6.15. The molecule has 0 aliphatic carbocycles. The second-order valence-corrected chi connectivity index (χ2v) is 4.70. The highest BCUT2D eigenvalue weighted by Crippen LogP contribution is 2.11. The van der Waals surface area contributed by atoms with Gasteiger partial charge in [-0.3, -0.25) is 4.79 Å². The lowest BCUT2D eigenvalue weighted by molar-refractivity contribution is -0.119. The van der Waals surface area contributed by atoms with E-state index >= 15 is 0 Å². The van der Waals surface area contributed by atoms with Crippen LogP contribution in [-0.2, 0) is 4.79 Å². The SMILES string of the molecule is O=C1CCC(CNc2nc(Cl)nc(-n3cccn3)n2)N1. The fraction of sp³-hybridized carbons (Fsp3) is 0.364. The highest BCUT2D eigenvalue weighted by Gasteiger charge is 2.20. The number of anilines is 1. The van der Waals surface area contributed by atoms with Crippen LogP contribution in [0.25, 0.3) is 5.95 Å². The zero-order valence-electron chi connectivity index (χ0n) is 10.5. The number of carbonyl (C=O) groups is 1. The van der Waals surface area contributed by atoms with Crippen molar-refractivity contribution in [1.29, 1.82) is 0 Å². The largest absolute Gasteiger partial charge is 0.352 e. The minimum Gasteiger partial charge on any atom is -0.352 e. The van der Waals surface area contributed by atoms with E-state index in [1.807, 2.05) is 0 Å². The summed E-state index contributed by atoms with van der Waals surface area (Å²) in [4.78, 5) is 23.3. The van der Waals surface area contributed by atoms with E-state index in [0.29, 0.717) is 24.9 Å². The van der Waals surface area contributed by atoms with Crippen LogP contribution in [0.4, 0.5) is 5.95 Å². The minimum absolute atomic E-state index is 0.0720. The third-order valence-electron chi connectivity index (χ3n) is 2.90. The Hall–Kier alpha value is -2.22. The number of amides is 1. The maximum absolute atomic E-state index is 11.1. The molecule has 1 aliphatic rings. The maximum atomic E-state index is 11.1. The average Bonchev–Trinajstić information content (AvgIpc) is 3.07. The molecule has 1 atom stereocenters. The summed E-state index contributed by atoms with van der Waals surface area (Å²) in [7, 11) is 0. The molecular weight excluding hydrogens is 282 g/mol. The van der Waals surface area contributed by atoms with Crippen molar-refractivity contribution in [3.05, 3.63) is 23.7 Å². The predicted molar refractivity (Wildman–Crippen MR) is 71.6 cm³/mol. The van der Waals surface area contributed by atoms with Crippen molar-refractivity contribution >= 4 is 23.5 Å². The highest BCUT2D eigenvalue weighted by molar-refractivity contribution is 6.28. The Morgan fingerprint density at radius 1 is 1.45 bits per heavy atom. The van der Waals surface area contributed by atoms with Crippen molar-refractivity contribution < 1.29 is 4.79 Å². The number of nitrogens with one attached hydrogen (secondary N) is 2. The summed E-state index contributed by atoms with van der Waals surface area (Å²) in [6, 6.07) is 1.85. The van der Waals surface area contributed by atoms with Gasteiger partial charge in [0.05, 0.1) is 0 Å². The van der Waals surface area contributed by atoms with Crippen LogP contribution in [-0.4, -0.2) is 43.2 Å². The summed E-state index contributed by atoms with van der Waals surface area (Å²) in [5.41, 5.74) is 0. The Balaban J connectivity index is 1.71. The molecular formula is C11H12ClN7O. The predicted octanol–water partition coefficient (Wildman–Crippen LogP) is 0.401. The summed E-state index contributed by atoms with van der Waals surface area (Å²) >= 11 is 5.87. The molecule has 20 heavy (non-hydrogen) atoms. The van der Waals surface area contributed by atoms with Gasteiger partial charge in [0.15, 0.2) is 0 Å². The van der Waals surface area contributed by atoms with Gasteiger partial charge in [-0.15, -0.1) is 0 Å². The minimum atomic E-state index is 0.0720. The Bertz CT molecular complexity index is 615. The van der Waals surface area contributed by atoms with Gasteiger partial charge >= 0.3 is 0 Å². The number of aromatic nitrogens is 5. The van der Waals surface area contributed by atoms with Gasteiger partial charge in [0, 0.05) is 31.4 Å². The fourth-order valence-electron chi connectivity index (χ4n) is 1.95. The number of rotatable bonds is 4. The number of nitrogens with zero attached hydrogens (tertiary/aromatic N) is 5. The Morgan fingerprint density at radius 2 is 2.35 bits per heavy atom. The monoisotopic (exact) mass is 293 g/mol. The van der Waals surface area contributed by atoms with Crippen LogP contribution >= 0.6 is 11.6 Å². The van der Waals surface area contributed by atoms with Crippen LogP contribution in [0.15, 0.2) is 18.5 Å². The molecule has 2 N–H and O–H groups in total. The molecule has 3 heterocycles. The molecule has 104 valence electrons. The summed E-state index contributed by atoms with van der Waals surface area (Å²) < 4.78 is 1.50. The van der Waals surface area contributed by atoms with E-state index in [0.717, 1.165) is 6.42 Å². The molecule has 0 radical (unpaired) electrons. The van der Waals surface area contributed by atoms with Crippen molar-refractivity contribution in [3.63, 3.8) is 0 Å². The van der Waals surface area contributed by atoms with Crippen molar-refractivity contribution in [2.45, 2.75) is 18.9 Å². The smallest absolute Gasteiger partial charge is 0.256 e. The van der Waals surface area contributed by atoms with Crippen LogP contribution in [0.5, 0.6) is 0 Å². The van der Waals surface area contributed by atoms with Crippen molar-refractivity contribution in [2.24, 2.45) is 0 Å². The number of hydrogen-bond donors (Lipinski definition) is 2. The van der Waals surface area contributed by atoms with Crippen LogP contribution in [0.1, 0.15) is 12.8 Å². The molecule has 9 heteroatoms. The molecule has 1 aliphatic heterocycles. The Labute approximate surface area is 119 Å². The van der Waals surface area contributed by atoms with Gasteiger partial charge < -0.3 is 10.6 Å². The molecule has 0 bridgehead atoms. The fourth-order valence-corrected chi connectivity index (χ4v) is 2.11. The molecule has 1 fully saturated rings. The lowest BCUT2D eigenvalue weighted by atomic mass is 10.2. The third kappa shape index (κ3) is 2.85. The second kappa shape index (κ2) is 5.41. The van der Waals surface area contributed by atoms with E-state index in [-0.39, 0.29) is 17.2 Å². The van der Waals surface area contributed by atoms with Crippen molar-refractivity contribution in [2.75, 3.05) is 11.9 Å². The van der Waals surface area contributed by atoms with Gasteiger partial charge in [-0.1, -0.05) is 0 Å². The Kier molecular flexibility index (Phi) is 3.46. The first-order valence-corrected chi connectivity index (χ1v) is 6.53. The molecule has 0 saturated carbocycles. The highest BCUT2D eigenvalue weighted by atomic mass is 35.5. The molecule has 1 unspecified atom stereocenters. The summed E-state index contributed by atoms with van der Waals surface area (Å²) in [5, 5.41) is 10.0. The normalized spacial score (nSPS) is 18.1. The van der Waals surface area contributed by atoms with Gasteiger partial charge in [-0.05, 0) is 24.1 Å². The first kappa shape index (κ1) is 12.8. The lowest BCUT2D eigenvalue weighted by Crippen LogP contribution is -2.32. The van der Waals surface area contributed by atoms with Gasteiger partial charge in [0.2, 0.25) is 17.1 Å². The zero-order valence-corrected chi connectivity index (χ0v) is 11.2. The zero-order chi connectivity index (χ0) is 13.9. The second-order valence-electron chi connectivity index (χ2n) is 4.36. The standard InChI is InChI=1S/C11H12ClN7O/c12-9-16-10(13-6-7-2-3-8(20)15-7)18-11(17-9)19-5-1-4-14-19/h1,4-5,7H,2-3,6H2,(H,15,20)(H,13,16,17,18). The number of hydrogen-bond acceptors (Lipinski definition) is 6. The van der Waals surface area contributed by atoms with E-state index in [9.17, 15) is 4.79 Å². The number of carbonyl (C=O) groups excluding carboxylic acids is 1. The van der Waals surface area contributed by atoms with E-state index in [1.165, 1.54) is 4.68 Å². The van der Waals surface area contributed by atoms with Gasteiger partial charge in [0.1, 0.15) is 0 Å². The quantitative estimate of drug-likeness (QED) is 0.847. The van der Waals surface area contributed by atoms with Gasteiger partial charge in [-0.2, -0.15) is 20.1 Å². The van der Waals surface area contributed by atoms with Crippen molar-refractivity contribution in [3.8, 4) is 5.95 Å². The third-order valence-corrected chi connectivity index (χ3v) is 3.07. The molecule has 3 rings (SSSR count). The summed E-state index contributed by atoms with van der Waals surface area (Å²) in [6.45, 7) is 0.546. The molecule has 8 nitrogen and oxygen atoms in total. The number of halogens is 1. The lowest BCUT2D eigenvalue weighted by Gasteiger charge is -2.11. The summed E-state index contributed by atoms with van der Waals surface area (Å²) in [5.74, 6) is 0.771. The van der Waals surface area contributed by atoms with Crippen LogP contribution in [0.3, 0.4) is 0 Å². The van der Waals surface area contributed by atoms with Gasteiger partial charge in [0.25, 0.3) is 5.95 Å². The molecule has 2 aromatic rings. The average molecular weight is 294 g/mol. The van der Waals surface area contributed by atoms with E-state index in [4.69, 9.17) is 11.6 Å². The van der Waals surface area contributed by atoms with E-state index < -0.39 is 0 Å². The summed E-state index contributed by atoms with van der Waals surface area (Å²) in [6.07, 6.45) is 4.70. The van der Waals surface area contributed by atoms with Crippen LogP contribution < -0.4 is 10.6 Å². The van der Waals surface area contributed by atoms with Crippen molar-refractivity contribution in [1.82, 2.24) is 30.0 Å². The maximum Gasteiger partial charge on any atom is 0.256 e. The molecule has 0 spiro atoms. The topological polar surface area (TPSA) is 97.6 Å². The molecule has 2 aromatic heterocycles. The molecule has 1 amide bonds. The van der Waals surface area contributed by atoms with Gasteiger partial charge in [-0.25, -0.2) is 4.68 Å². The molecule has 1 saturated heterocycles. The van der Waals surface area contributed by atoms with Crippen LogP contribution in [0.2, 0.25) is 5.28 Å². The van der Waals surface area contributed by atoms with E-state index in [2.05, 4.69) is 30.7 Å². The first-order chi connectivity index (χ1) is 9.70. The molecule has 0 aromatic carbocycles.